The maximum absolute atomic E-state index is 13.7. The topological polar surface area (TPSA) is 96.0 Å². The summed E-state index contributed by atoms with van der Waals surface area (Å²) >= 11 is 0. The van der Waals surface area contributed by atoms with Gasteiger partial charge in [0.25, 0.3) is 0 Å². The number of rotatable bonds is 10. The molecule has 0 aliphatic rings. The van der Waals surface area contributed by atoms with Gasteiger partial charge in [0.2, 0.25) is 21.8 Å². The second-order valence-electron chi connectivity index (χ2n) is 9.64. The summed E-state index contributed by atoms with van der Waals surface area (Å²) in [6, 6.07) is 13.4. The van der Waals surface area contributed by atoms with Crippen LogP contribution in [0.4, 0.5) is 5.69 Å². The van der Waals surface area contributed by atoms with E-state index in [4.69, 9.17) is 4.74 Å². The van der Waals surface area contributed by atoms with E-state index in [0.29, 0.717) is 17.9 Å². The van der Waals surface area contributed by atoms with Crippen LogP contribution < -0.4 is 14.4 Å². The molecule has 35 heavy (non-hydrogen) atoms. The van der Waals surface area contributed by atoms with Gasteiger partial charge in [-0.1, -0.05) is 36.8 Å². The van der Waals surface area contributed by atoms with Gasteiger partial charge in [-0.15, -0.1) is 0 Å². The van der Waals surface area contributed by atoms with Crippen LogP contribution in [0, 0.1) is 6.92 Å². The Labute approximate surface area is 209 Å². The molecule has 8 nitrogen and oxygen atoms in total. The highest BCUT2D eigenvalue weighted by Crippen LogP contribution is 2.23. The largest absolute Gasteiger partial charge is 0.497 e. The molecule has 2 aromatic rings. The van der Waals surface area contributed by atoms with Gasteiger partial charge >= 0.3 is 0 Å². The fourth-order valence-electron chi connectivity index (χ4n) is 3.62. The number of hydrogen-bond donors (Lipinski definition) is 1. The molecule has 0 aliphatic carbocycles. The van der Waals surface area contributed by atoms with E-state index in [1.807, 2.05) is 58.9 Å². The molecule has 0 aliphatic heterocycles. The lowest BCUT2D eigenvalue weighted by Gasteiger charge is -2.34. The second kappa shape index (κ2) is 11.6. The van der Waals surface area contributed by atoms with Crippen LogP contribution in [0.1, 0.15) is 45.2 Å². The second-order valence-corrected chi connectivity index (χ2v) is 11.5. The zero-order chi connectivity index (χ0) is 26.4. The van der Waals surface area contributed by atoms with E-state index in [1.54, 1.807) is 24.3 Å². The van der Waals surface area contributed by atoms with Gasteiger partial charge in [0, 0.05) is 12.1 Å². The number of anilines is 1. The molecule has 0 aromatic heterocycles. The third-order valence-electron chi connectivity index (χ3n) is 5.40. The molecule has 0 saturated heterocycles. The molecule has 0 heterocycles. The van der Waals surface area contributed by atoms with E-state index in [1.165, 1.54) is 12.0 Å². The van der Waals surface area contributed by atoms with E-state index < -0.39 is 34.1 Å². The highest BCUT2D eigenvalue weighted by Gasteiger charge is 2.33. The molecule has 0 saturated carbocycles. The minimum Gasteiger partial charge on any atom is -0.497 e. The third kappa shape index (κ3) is 8.28. The van der Waals surface area contributed by atoms with Crippen molar-refractivity contribution in [1.29, 1.82) is 0 Å². The van der Waals surface area contributed by atoms with Crippen LogP contribution >= 0.6 is 0 Å². The number of nitrogens with one attached hydrogen (secondary N) is 1. The molecular formula is C26H37N3O5S. The molecule has 9 heteroatoms. The number of nitrogens with zero attached hydrogens (tertiary/aromatic N) is 2. The van der Waals surface area contributed by atoms with Crippen molar-refractivity contribution in [3.63, 3.8) is 0 Å². The zero-order valence-electron chi connectivity index (χ0n) is 21.7. The predicted molar refractivity (Wildman–Crippen MR) is 139 cm³/mol. The molecule has 192 valence electrons. The lowest BCUT2D eigenvalue weighted by molar-refractivity contribution is -0.141. The molecule has 0 fully saturated rings. The first kappa shape index (κ1) is 28.2. The maximum atomic E-state index is 13.7. The molecule has 2 aromatic carbocycles. The van der Waals surface area contributed by atoms with Crippen LogP contribution in [0.2, 0.25) is 0 Å². The maximum Gasteiger partial charge on any atom is 0.244 e. The molecule has 0 radical (unpaired) electrons. The average molecular weight is 504 g/mol. The third-order valence-corrected chi connectivity index (χ3v) is 6.54. The number of ether oxygens (including phenoxy) is 1. The summed E-state index contributed by atoms with van der Waals surface area (Å²) in [6.07, 6.45) is 1.43. The summed E-state index contributed by atoms with van der Waals surface area (Å²) in [5, 5.41) is 2.95. The number of amides is 2. The van der Waals surface area contributed by atoms with E-state index in [0.717, 1.165) is 21.7 Å². The number of carbonyl (C=O) groups excluding carboxylic acids is 2. The van der Waals surface area contributed by atoms with Gasteiger partial charge in [-0.3, -0.25) is 13.9 Å². The normalized spacial score (nSPS) is 12.5. The number of sulfonamides is 1. The van der Waals surface area contributed by atoms with Crippen molar-refractivity contribution in [2.24, 2.45) is 0 Å². The minimum atomic E-state index is -3.78. The Morgan fingerprint density at radius 3 is 2.06 bits per heavy atom. The number of hydrogen-bond acceptors (Lipinski definition) is 5. The van der Waals surface area contributed by atoms with Crippen LogP contribution in [0.25, 0.3) is 0 Å². The van der Waals surface area contributed by atoms with Gasteiger partial charge in [-0.2, -0.15) is 0 Å². The SMILES string of the molecule is CC[C@@H](C(=O)NC(C)(C)C)N(Cc1ccc(C)cc1)C(=O)CN(c1ccc(OC)cc1)S(C)(=O)=O. The highest BCUT2D eigenvalue weighted by atomic mass is 32.2. The van der Waals surface area contributed by atoms with Crippen molar-refractivity contribution in [2.75, 3.05) is 24.2 Å². The van der Waals surface area contributed by atoms with E-state index in [2.05, 4.69) is 5.32 Å². The Morgan fingerprint density at radius 2 is 1.60 bits per heavy atom. The van der Waals surface area contributed by atoms with Gasteiger partial charge in [0.1, 0.15) is 18.3 Å². The Morgan fingerprint density at radius 1 is 1.03 bits per heavy atom. The van der Waals surface area contributed by atoms with Crippen molar-refractivity contribution in [3.8, 4) is 5.75 Å². The van der Waals surface area contributed by atoms with E-state index in [9.17, 15) is 18.0 Å². The van der Waals surface area contributed by atoms with Crippen LogP contribution in [0.5, 0.6) is 5.75 Å². The number of carbonyl (C=O) groups is 2. The minimum absolute atomic E-state index is 0.176. The molecule has 0 spiro atoms. The van der Waals surface area contributed by atoms with E-state index >= 15 is 0 Å². The molecule has 1 atom stereocenters. The first-order valence-corrected chi connectivity index (χ1v) is 13.4. The lowest BCUT2D eigenvalue weighted by Crippen LogP contribution is -2.55. The van der Waals surface area contributed by atoms with Gasteiger partial charge in [0.05, 0.1) is 19.1 Å². The lowest BCUT2D eigenvalue weighted by atomic mass is 10.1. The summed E-state index contributed by atoms with van der Waals surface area (Å²) in [5.41, 5.74) is 1.78. The van der Waals surface area contributed by atoms with Crippen LogP contribution in [-0.2, 0) is 26.2 Å². The Balaban J connectivity index is 2.44. The van der Waals surface area contributed by atoms with Crippen LogP contribution in [0.15, 0.2) is 48.5 Å². The summed E-state index contributed by atoms with van der Waals surface area (Å²) < 4.78 is 31.5. The molecule has 2 amide bonds. The molecular weight excluding hydrogens is 466 g/mol. The van der Waals surface area contributed by atoms with Crippen molar-refractivity contribution in [3.05, 3.63) is 59.7 Å². The fourth-order valence-corrected chi connectivity index (χ4v) is 4.47. The van der Waals surface area contributed by atoms with Crippen molar-refractivity contribution >= 4 is 27.5 Å². The van der Waals surface area contributed by atoms with Gasteiger partial charge in [-0.05, 0) is 63.9 Å². The standard InChI is InChI=1S/C26H37N3O5S/c1-8-23(25(31)27-26(3,4)5)28(17-20-11-9-19(2)10-12-20)24(30)18-29(35(7,32)33)21-13-15-22(34-6)16-14-21/h9-16,23H,8,17-18H2,1-7H3,(H,27,31)/t23-/m0/s1. The number of methoxy groups -OCH3 is 1. The first-order chi connectivity index (χ1) is 16.2. The van der Waals surface area contributed by atoms with E-state index in [-0.39, 0.29) is 12.5 Å². The Kier molecular flexibility index (Phi) is 9.31. The van der Waals surface area contributed by atoms with Crippen LogP contribution in [-0.4, -0.2) is 56.6 Å². The van der Waals surface area contributed by atoms with Gasteiger partial charge in [-0.25, -0.2) is 8.42 Å². The molecule has 1 N–H and O–H groups in total. The number of benzene rings is 2. The molecule has 0 unspecified atom stereocenters. The van der Waals surface area contributed by atoms with Gasteiger partial charge in [0.15, 0.2) is 0 Å². The van der Waals surface area contributed by atoms with Crippen molar-refractivity contribution in [2.45, 2.75) is 59.2 Å². The quantitative estimate of drug-likeness (QED) is 0.535. The van der Waals surface area contributed by atoms with Gasteiger partial charge < -0.3 is 15.0 Å². The summed E-state index contributed by atoms with van der Waals surface area (Å²) in [6.45, 7) is 9.17. The Bertz CT molecular complexity index is 1110. The Hall–Kier alpha value is -3.07. The van der Waals surface area contributed by atoms with Crippen molar-refractivity contribution < 1.29 is 22.7 Å². The summed E-state index contributed by atoms with van der Waals surface area (Å²) in [5.74, 6) is -0.182. The molecule has 2 rings (SSSR count). The fraction of sp³-hybridized carbons (Fsp3) is 0.462. The molecule has 0 bridgehead atoms. The van der Waals surface area contributed by atoms with Crippen molar-refractivity contribution in [1.82, 2.24) is 10.2 Å². The summed E-state index contributed by atoms with van der Waals surface area (Å²) in [7, 11) is -2.26. The number of aryl methyl sites for hydroxylation is 1. The predicted octanol–water partition coefficient (Wildman–Crippen LogP) is 3.49. The highest BCUT2D eigenvalue weighted by molar-refractivity contribution is 7.92. The first-order valence-electron chi connectivity index (χ1n) is 11.5. The van der Waals surface area contributed by atoms with Crippen LogP contribution in [0.3, 0.4) is 0 Å². The average Bonchev–Trinajstić information content (AvgIpc) is 2.76. The zero-order valence-corrected chi connectivity index (χ0v) is 22.5. The smallest absolute Gasteiger partial charge is 0.244 e. The summed E-state index contributed by atoms with van der Waals surface area (Å²) in [4.78, 5) is 28.3. The monoisotopic (exact) mass is 503 g/mol.